The van der Waals surface area contributed by atoms with Crippen LogP contribution in [0.3, 0.4) is 0 Å². The van der Waals surface area contributed by atoms with Gasteiger partial charge in [-0.25, -0.2) is 0 Å². The number of anilines is 1. The average Bonchev–Trinajstić information content (AvgIpc) is 2.43. The quantitative estimate of drug-likeness (QED) is 0.893. The Morgan fingerprint density at radius 3 is 2.55 bits per heavy atom. The second-order valence-electron chi connectivity index (χ2n) is 4.84. The second kappa shape index (κ2) is 7.15. The molecule has 20 heavy (non-hydrogen) atoms. The van der Waals surface area contributed by atoms with Crippen LogP contribution in [0.4, 0.5) is 5.69 Å². The maximum absolute atomic E-state index is 11.9. The Balaban J connectivity index is 1.81. The molecule has 0 unspecified atom stereocenters. The molecule has 3 heteroatoms. The van der Waals surface area contributed by atoms with Gasteiger partial charge in [0.25, 0.3) is 0 Å². The molecule has 2 aromatic rings. The molecule has 0 saturated carbocycles. The highest BCUT2D eigenvalue weighted by Crippen LogP contribution is 2.17. The van der Waals surface area contributed by atoms with E-state index in [4.69, 9.17) is 0 Å². The first-order valence-electron chi connectivity index (χ1n) is 6.64. The molecule has 0 aromatic heterocycles. The minimum atomic E-state index is 0.0536. The van der Waals surface area contributed by atoms with Crippen LogP contribution >= 0.6 is 11.8 Å². The van der Waals surface area contributed by atoms with Gasteiger partial charge in [-0.15, -0.1) is 11.8 Å². The predicted octanol–water partition coefficient (Wildman–Crippen LogP) is 4.18. The van der Waals surface area contributed by atoms with E-state index in [1.807, 2.05) is 44.2 Å². The fourth-order valence-electron chi connectivity index (χ4n) is 1.98. The average molecular weight is 285 g/mol. The van der Waals surface area contributed by atoms with Crippen molar-refractivity contribution in [3.63, 3.8) is 0 Å². The summed E-state index contributed by atoms with van der Waals surface area (Å²) in [7, 11) is 0. The standard InChI is InChI=1S/C17H19NOS/c1-13-8-9-16(14(2)10-13)18-17(19)12-20-11-15-6-4-3-5-7-15/h3-10H,11-12H2,1-2H3,(H,18,19). The Kier molecular flexibility index (Phi) is 5.24. The number of hydrogen-bond acceptors (Lipinski definition) is 2. The SMILES string of the molecule is Cc1ccc(NC(=O)CSCc2ccccc2)c(C)c1. The van der Waals surface area contributed by atoms with Crippen molar-refractivity contribution in [2.45, 2.75) is 19.6 Å². The Hall–Kier alpha value is -1.74. The number of rotatable bonds is 5. The van der Waals surface area contributed by atoms with Crippen LogP contribution < -0.4 is 5.32 Å². The van der Waals surface area contributed by atoms with Gasteiger partial charge in [0.1, 0.15) is 0 Å². The second-order valence-corrected chi connectivity index (χ2v) is 5.83. The highest BCUT2D eigenvalue weighted by molar-refractivity contribution is 7.99. The summed E-state index contributed by atoms with van der Waals surface area (Å²) in [6, 6.07) is 16.2. The third-order valence-electron chi connectivity index (χ3n) is 3.00. The van der Waals surface area contributed by atoms with Gasteiger partial charge in [0.2, 0.25) is 5.91 Å². The maximum atomic E-state index is 11.9. The Morgan fingerprint density at radius 2 is 1.85 bits per heavy atom. The number of hydrogen-bond donors (Lipinski definition) is 1. The third-order valence-corrected chi connectivity index (χ3v) is 4.00. The summed E-state index contributed by atoms with van der Waals surface area (Å²) >= 11 is 1.63. The molecule has 0 aliphatic rings. The lowest BCUT2D eigenvalue weighted by Gasteiger charge is -2.09. The molecule has 1 amide bonds. The van der Waals surface area contributed by atoms with Crippen LogP contribution in [-0.4, -0.2) is 11.7 Å². The van der Waals surface area contributed by atoms with Crippen molar-refractivity contribution in [2.24, 2.45) is 0 Å². The number of thioether (sulfide) groups is 1. The number of aryl methyl sites for hydroxylation is 2. The molecule has 0 aliphatic carbocycles. The lowest BCUT2D eigenvalue weighted by Crippen LogP contribution is -2.15. The molecule has 0 fully saturated rings. The molecule has 0 bridgehead atoms. The van der Waals surface area contributed by atoms with Gasteiger partial charge in [0.15, 0.2) is 0 Å². The number of amides is 1. The molecule has 1 N–H and O–H groups in total. The van der Waals surface area contributed by atoms with E-state index in [9.17, 15) is 4.79 Å². The van der Waals surface area contributed by atoms with Crippen LogP contribution in [0.5, 0.6) is 0 Å². The van der Waals surface area contributed by atoms with E-state index in [1.54, 1.807) is 11.8 Å². The van der Waals surface area contributed by atoms with Crippen molar-refractivity contribution >= 4 is 23.4 Å². The summed E-state index contributed by atoms with van der Waals surface area (Å²) in [5.41, 5.74) is 4.46. The summed E-state index contributed by atoms with van der Waals surface area (Å²) in [5, 5.41) is 2.96. The summed E-state index contributed by atoms with van der Waals surface area (Å²) < 4.78 is 0. The van der Waals surface area contributed by atoms with Gasteiger partial charge in [-0.1, -0.05) is 48.0 Å². The fraction of sp³-hybridized carbons (Fsp3) is 0.235. The monoisotopic (exact) mass is 285 g/mol. The molecule has 0 saturated heterocycles. The van der Waals surface area contributed by atoms with Gasteiger partial charge in [0, 0.05) is 11.4 Å². The van der Waals surface area contributed by atoms with Gasteiger partial charge >= 0.3 is 0 Å². The zero-order valence-electron chi connectivity index (χ0n) is 11.8. The Bertz CT molecular complexity index is 581. The molecule has 0 aliphatic heterocycles. The largest absolute Gasteiger partial charge is 0.325 e. The summed E-state index contributed by atoms with van der Waals surface area (Å²) in [6.45, 7) is 4.06. The van der Waals surface area contributed by atoms with Crippen LogP contribution in [0.2, 0.25) is 0 Å². The number of carbonyl (C=O) groups excluding carboxylic acids is 1. The van der Waals surface area contributed by atoms with Crippen molar-refractivity contribution < 1.29 is 4.79 Å². The van der Waals surface area contributed by atoms with E-state index in [-0.39, 0.29) is 5.91 Å². The van der Waals surface area contributed by atoms with Crippen molar-refractivity contribution in [1.29, 1.82) is 0 Å². The zero-order chi connectivity index (χ0) is 14.4. The Labute approximate surface area is 124 Å². The molecule has 0 atom stereocenters. The summed E-state index contributed by atoms with van der Waals surface area (Å²) in [5.74, 6) is 1.39. The topological polar surface area (TPSA) is 29.1 Å². The van der Waals surface area contributed by atoms with E-state index in [0.717, 1.165) is 17.0 Å². The molecule has 0 spiro atoms. The highest BCUT2D eigenvalue weighted by atomic mass is 32.2. The number of carbonyl (C=O) groups is 1. The summed E-state index contributed by atoms with van der Waals surface area (Å²) in [4.78, 5) is 11.9. The van der Waals surface area contributed by atoms with E-state index in [1.165, 1.54) is 11.1 Å². The minimum absolute atomic E-state index is 0.0536. The van der Waals surface area contributed by atoms with Crippen molar-refractivity contribution in [3.8, 4) is 0 Å². The fourth-order valence-corrected chi connectivity index (χ4v) is 2.76. The zero-order valence-corrected chi connectivity index (χ0v) is 12.7. The van der Waals surface area contributed by atoms with Crippen molar-refractivity contribution in [2.75, 3.05) is 11.1 Å². The van der Waals surface area contributed by atoms with Crippen LogP contribution in [0.25, 0.3) is 0 Å². The maximum Gasteiger partial charge on any atom is 0.234 e. The molecule has 0 radical (unpaired) electrons. The van der Waals surface area contributed by atoms with Crippen molar-refractivity contribution in [3.05, 3.63) is 65.2 Å². The highest BCUT2D eigenvalue weighted by Gasteiger charge is 2.05. The normalized spacial score (nSPS) is 10.3. The van der Waals surface area contributed by atoms with Gasteiger partial charge in [-0.3, -0.25) is 4.79 Å². The van der Waals surface area contributed by atoms with E-state index >= 15 is 0 Å². The minimum Gasteiger partial charge on any atom is -0.325 e. The van der Waals surface area contributed by atoms with Gasteiger partial charge in [0.05, 0.1) is 5.75 Å². The smallest absolute Gasteiger partial charge is 0.234 e. The summed E-state index contributed by atoms with van der Waals surface area (Å²) in [6.07, 6.45) is 0. The molecule has 2 rings (SSSR count). The number of nitrogens with one attached hydrogen (secondary N) is 1. The van der Waals surface area contributed by atoms with E-state index in [2.05, 4.69) is 23.5 Å². The molecule has 2 aromatic carbocycles. The van der Waals surface area contributed by atoms with E-state index in [0.29, 0.717) is 5.75 Å². The predicted molar refractivity (Wildman–Crippen MR) is 87.1 cm³/mol. The first-order valence-corrected chi connectivity index (χ1v) is 7.79. The first-order chi connectivity index (χ1) is 9.65. The lowest BCUT2D eigenvalue weighted by molar-refractivity contribution is -0.113. The molecule has 104 valence electrons. The van der Waals surface area contributed by atoms with E-state index < -0.39 is 0 Å². The molecule has 0 heterocycles. The van der Waals surface area contributed by atoms with Crippen LogP contribution in [-0.2, 0) is 10.5 Å². The van der Waals surface area contributed by atoms with Gasteiger partial charge in [-0.2, -0.15) is 0 Å². The van der Waals surface area contributed by atoms with Crippen LogP contribution in [0.15, 0.2) is 48.5 Å². The van der Waals surface area contributed by atoms with Crippen molar-refractivity contribution in [1.82, 2.24) is 0 Å². The molecular formula is C17H19NOS. The van der Waals surface area contributed by atoms with Crippen LogP contribution in [0.1, 0.15) is 16.7 Å². The molecule has 2 nitrogen and oxygen atoms in total. The third kappa shape index (κ3) is 4.42. The molecular weight excluding hydrogens is 266 g/mol. The van der Waals surface area contributed by atoms with Gasteiger partial charge < -0.3 is 5.32 Å². The van der Waals surface area contributed by atoms with Crippen LogP contribution in [0, 0.1) is 13.8 Å². The Morgan fingerprint density at radius 1 is 1.10 bits per heavy atom. The lowest BCUT2D eigenvalue weighted by atomic mass is 10.1. The van der Waals surface area contributed by atoms with Gasteiger partial charge in [-0.05, 0) is 31.0 Å². The number of benzene rings is 2. The first kappa shape index (κ1) is 14.7.